The first-order valence-corrected chi connectivity index (χ1v) is 6.84. The highest BCUT2D eigenvalue weighted by Crippen LogP contribution is 2.38. The summed E-state index contributed by atoms with van der Waals surface area (Å²) in [6.07, 6.45) is 3.28. The van der Waals surface area contributed by atoms with Crippen LogP contribution in [0, 0.1) is 5.82 Å². The quantitative estimate of drug-likeness (QED) is 0.869. The number of hydrogen-bond acceptors (Lipinski definition) is 3. The molecule has 1 aromatic heterocycles. The maximum absolute atomic E-state index is 13.0. The van der Waals surface area contributed by atoms with Gasteiger partial charge in [-0.3, -0.25) is 9.78 Å². The van der Waals surface area contributed by atoms with Gasteiger partial charge in [-0.2, -0.15) is 0 Å². The van der Waals surface area contributed by atoms with Gasteiger partial charge in [0.25, 0.3) is 0 Å². The Morgan fingerprint density at radius 1 is 1.25 bits per heavy atom. The Morgan fingerprint density at radius 2 is 1.90 bits per heavy atom. The summed E-state index contributed by atoms with van der Waals surface area (Å²) in [4.78, 5) is 16.1. The van der Waals surface area contributed by atoms with Gasteiger partial charge >= 0.3 is 5.97 Å². The van der Waals surface area contributed by atoms with E-state index in [1.807, 2.05) is 0 Å². The number of carboxylic acid groups (broad SMARTS) is 1. The van der Waals surface area contributed by atoms with E-state index in [0.29, 0.717) is 0 Å². The van der Waals surface area contributed by atoms with Gasteiger partial charge in [0.05, 0.1) is 0 Å². The normalized spacial score (nSPS) is 11.3. The average molecular weight is 291 g/mol. The fourth-order valence-corrected chi connectivity index (χ4v) is 2.68. The molecule has 20 heavy (non-hydrogen) atoms. The molecule has 3 nitrogen and oxygen atoms in total. The van der Waals surface area contributed by atoms with Gasteiger partial charge in [0.15, 0.2) is 0 Å². The summed E-state index contributed by atoms with van der Waals surface area (Å²) in [5.74, 6) is -1.19. The maximum Gasteiger partial charge on any atom is 0.319 e. The van der Waals surface area contributed by atoms with Crippen molar-refractivity contribution in [2.45, 2.75) is 23.5 Å². The molecule has 0 saturated carbocycles. The van der Waals surface area contributed by atoms with Crippen molar-refractivity contribution in [1.82, 2.24) is 4.98 Å². The summed E-state index contributed by atoms with van der Waals surface area (Å²) in [6, 6.07) is 7.83. The van der Waals surface area contributed by atoms with Crippen molar-refractivity contribution < 1.29 is 14.3 Å². The van der Waals surface area contributed by atoms with Crippen LogP contribution in [0.15, 0.2) is 47.6 Å². The third-order valence-corrected chi connectivity index (χ3v) is 4.08. The van der Waals surface area contributed by atoms with Gasteiger partial charge in [0.1, 0.15) is 10.6 Å². The van der Waals surface area contributed by atoms with Gasteiger partial charge in [0, 0.05) is 22.9 Å². The van der Waals surface area contributed by atoms with E-state index in [2.05, 4.69) is 4.98 Å². The number of carbonyl (C=O) groups is 1. The molecule has 2 aromatic rings. The van der Waals surface area contributed by atoms with Crippen molar-refractivity contribution in [3.8, 4) is 11.1 Å². The lowest BCUT2D eigenvalue weighted by Gasteiger charge is -2.20. The van der Waals surface area contributed by atoms with Crippen molar-refractivity contribution in [1.29, 1.82) is 0 Å². The number of pyridine rings is 1. The smallest absolute Gasteiger partial charge is 0.319 e. The van der Waals surface area contributed by atoms with E-state index in [-0.39, 0.29) is 5.82 Å². The molecule has 0 amide bonds. The zero-order valence-corrected chi connectivity index (χ0v) is 11.9. The Hall–Kier alpha value is -1.88. The number of benzene rings is 1. The van der Waals surface area contributed by atoms with Crippen LogP contribution in [0.1, 0.15) is 13.8 Å². The fraction of sp³-hybridized carbons (Fsp3) is 0.200. The molecule has 0 aliphatic rings. The SMILES string of the molecule is CC(C)(Sc1ccncc1-c1ccc(F)cc1)C(=O)O. The molecule has 104 valence electrons. The van der Waals surface area contributed by atoms with E-state index in [0.717, 1.165) is 16.0 Å². The molecule has 0 spiro atoms. The molecule has 1 aromatic carbocycles. The number of aromatic nitrogens is 1. The Kier molecular flexibility index (Phi) is 4.09. The Morgan fingerprint density at radius 3 is 2.50 bits per heavy atom. The van der Waals surface area contributed by atoms with E-state index in [9.17, 15) is 14.3 Å². The molecule has 2 rings (SSSR count). The molecule has 0 aliphatic carbocycles. The van der Waals surface area contributed by atoms with Crippen LogP contribution < -0.4 is 0 Å². The lowest BCUT2D eigenvalue weighted by Crippen LogP contribution is -2.27. The molecule has 0 fully saturated rings. The fourth-order valence-electron chi connectivity index (χ4n) is 1.64. The van der Waals surface area contributed by atoms with Gasteiger partial charge in [-0.05, 0) is 37.6 Å². The molecule has 0 saturated heterocycles. The van der Waals surface area contributed by atoms with Gasteiger partial charge in [-0.25, -0.2) is 4.39 Å². The van der Waals surface area contributed by atoms with E-state index in [1.54, 1.807) is 44.4 Å². The zero-order valence-electron chi connectivity index (χ0n) is 11.1. The van der Waals surface area contributed by atoms with Crippen LogP contribution in [0.3, 0.4) is 0 Å². The van der Waals surface area contributed by atoms with Crippen LogP contribution in [0.5, 0.6) is 0 Å². The predicted octanol–water partition coefficient (Wildman–Crippen LogP) is 3.84. The standard InChI is InChI=1S/C15H14FNO2S/c1-15(2,14(18)19)20-13-7-8-17-9-12(13)10-3-5-11(16)6-4-10/h3-9H,1-2H3,(H,18,19). The number of thioether (sulfide) groups is 1. The van der Waals surface area contributed by atoms with Crippen molar-refractivity contribution in [3.05, 3.63) is 48.5 Å². The molecule has 1 N–H and O–H groups in total. The molecule has 0 bridgehead atoms. The molecule has 0 unspecified atom stereocenters. The summed E-state index contributed by atoms with van der Waals surface area (Å²) in [6.45, 7) is 3.30. The van der Waals surface area contributed by atoms with Crippen LogP contribution in [0.25, 0.3) is 11.1 Å². The van der Waals surface area contributed by atoms with Crippen molar-refractivity contribution in [2.75, 3.05) is 0 Å². The van der Waals surface area contributed by atoms with Gasteiger partial charge < -0.3 is 5.11 Å². The Labute approximate surface area is 120 Å². The second-order valence-electron chi connectivity index (χ2n) is 4.80. The summed E-state index contributed by atoms with van der Waals surface area (Å²) in [5.41, 5.74) is 1.61. The summed E-state index contributed by atoms with van der Waals surface area (Å²) in [5, 5.41) is 9.21. The first-order valence-electron chi connectivity index (χ1n) is 6.02. The third kappa shape index (κ3) is 3.17. The summed E-state index contributed by atoms with van der Waals surface area (Å²) >= 11 is 1.25. The van der Waals surface area contributed by atoms with Crippen LogP contribution >= 0.6 is 11.8 Å². The predicted molar refractivity (Wildman–Crippen MR) is 77.2 cm³/mol. The molecule has 1 heterocycles. The monoisotopic (exact) mass is 291 g/mol. The third-order valence-electron chi connectivity index (χ3n) is 2.82. The largest absolute Gasteiger partial charge is 0.480 e. The number of aliphatic carboxylic acids is 1. The van der Waals surface area contributed by atoms with Crippen LogP contribution in [0.2, 0.25) is 0 Å². The highest BCUT2D eigenvalue weighted by molar-refractivity contribution is 8.01. The minimum Gasteiger partial charge on any atom is -0.480 e. The highest BCUT2D eigenvalue weighted by atomic mass is 32.2. The minimum atomic E-state index is -0.948. The number of rotatable bonds is 4. The first-order chi connectivity index (χ1) is 9.40. The lowest BCUT2D eigenvalue weighted by atomic mass is 10.1. The van der Waals surface area contributed by atoms with E-state index < -0.39 is 10.7 Å². The lowest BCUT2D eigenvalue weighted by molar-refractivity contribution is -0.138. The Bertz CT molecular complexity index is 626. The molecule has 0 radical (unpaired) electrons. The van der Waals surface area contributed by atoms with Crippen LogP contribution in [-0.2, 0) is 4.79 Å². The maximum atomic E-state index is 13.0. The molecular weight excluding hydrogens is 277 g/mol. The number of nitrogens with zero attached hydrogens (tertiary/aromatic N) is 1. The first kappa shape index (κ1) is 14.5. The van der Waals surface area contributed by atoms with Gasteiger partial charge in [0.2, 0.25) is 0 Å². The topological polar surface area (TPSA) is 50.2 Å². The van der Waals surface area contributed by atoms with E-state index in [4.69, 9.17) is 0 Å². The van der Waals surface area contributed by atoms with Crippen molar-refractivity contribution in [3.63, 3.8) is 0 Å². The van der Waals surface area contributed by atoms with E-state index in [1.165, 1.54) is 23.9 Å². The average Bonchev–Trinajstić information content (AvgIpc) is 2.40. The Balaban J connectivity index is 2.41. The molecule has 5 heteroatoms. The number of halogens is 1. The van der Waals surface area contributed by atoms with Gasteiger partial charge in [-0.1, -0.05) is 12.1 Å². The highest BCUT2D eigenvalue weighted by Gasteiger charge is 2.29. The number of hydrogen-bond donors (Lipinski definition) is 1. The van der Waals surface area contributed by atoms with Gasteiger partial charge in [-0.15, -0.1) is 11.8 Å². The minimum absolute atomic E-state index is 0.308. The van der Waals surface area contributed by atoms with Crippen LogP contribution in [-0.4, -0.2) is 20.8 Å². The van der Waals surface area contributed by atoms with E-state index >= 15 is 0 Å². The summed E-state index contributed by atoms with van der Waals surface area (Å²) < 4.78 is 12.0. The summed E-state index contributed by atoms with van der Waals surface area (Å²) in [7, 11) is 0. The molecular formula is C15H14FNO2S. The van der Waals surface area contributed by atoms with Crippen LogP contribution in [0.4, 0.5) is 4.39 Å². The van der Waals surface area contributed by atoms with Crippen molar-refractivity contribution in [2.24, 2.45) is 0 Å². The zero-order chi connectivity index (χ0) is 14.8. The van der Waals surface area contributed by atoms with Crippen molar-refractivity contribution >= 4 is 17.7 Å². The molecule has 0 aliphatic heterocycles. The number of carboxylic acids is 1. The second-order valence-corrected chi connectivity index (χ2v) is 6.46. The molecule has 0 atom stereocenters. The second kappa shape index (κ2) is 5.63.